The lowest BCUT2D eigenvalue weighted by Gasteiger charge is -2.08. The van der Waals surface area contributed by atoms with Crippen LogP contribution in [0.15, 0.2) is 57.9 Å². The van der Waals surface area contributed by atoms with E-state index in [0.29, 0.717) is 11.1 Å². The van der Waals surface area contributed by atoms with Crippen molar-refractivity contribution in [2.24, 2.45) is 0 Å². The standard InChI is InChI=1S/C18H11F3N4O3S/c19-18(20,21)17-23-16(24-28-17)9-6-12-2-1-3-15(10-12)29(26,27)25-14-7-4-13(11-22)5-8-14/h1-10,25H. The van der Waals surface area contributed by atoms with E-state index in [-0.39, 0.29) is 16.4 Å². The topological polar surface area (TPSA) is 109 Å². The quantitative estimate of drug-likeness (QED) is 0.670. The zero-order chi connectivity index (χ0) is 21.1. The van der Waals surface area contributed by atoms with Gasteiger partial charge in [0, 0.05) is 5.69 Å². The van der Waals surface area contributed by atoms with Crippen molar-refractivity contribution in [3.63, 3.8) is 0 Å². The zero-order valence-corrected chi connectivity index (χ0v) is 15.2. The second-order valence-electron chi connectivity index (χ2n) is 5.66. The van der Waals surface area contributed by atoms with E-state index in [4.69, 9.17) is 5.26 Å². The Morgan fingerprint density at radius 3 is 2.45 bits per heavy atom. The average molecular weight is 420 g/mol. The number of nitriles is 1. The fraction of sp³-hybridized carbons (Fsp3) is 0.0556. The third-order valence-electron chi connectivity index (χ3n) is 3.54. The number of benzene rings is 2. The van der Waals surface area contributed by atoms with E-state index in [1.54, 1.807) is 6.07 Å². The molecular formula is C18H11F3N4O3S. The van der Waals surface area contributed by atoms with E-state index in [1.165, 1.54) is 54.6 Å². The zero-order valence-electron chi connectivity index (χ0n) is 14.4. The van der Waals surface area contributed by atoms with Gasteiger partial charge in [0.2, 0.25) is 0 Å². The maximum atomic E-state index is 12.5. The number of hydrogen-bond acceptors (Lipinski definition) is 6. The lowest BCUT2D eigenvalue weighted by Crippen LogP contribution is -2.12. The second kappa shape index (κ2) is 7.76. The molecule has 0 aliphatic carbocycles. The van der Waals surface area contributed by atoms with Gasteiger partial charge in [-0.2, -0.15) is 23.4 Å². The van der Waals surface area contributed by atoms with E-state index in [2.05, 4.69) is 19.4 Å². The number of rotatable bonds is 5. The number of sulfonamides is 1. The first-order valence-corrected chi connectivity index (χ1v) is 9.38. The highest BCUT2D eigenvalue weighted by Crippen LogP contribution is 2.27. The molecular weight excluding hydrogens is 409 g/mol. The van der Waals surface area contributed by atoms with Gasteiger partial charge in [-0.25, -0.2) is 8.42 Å². The van der Waals surface area contributed by atoms with Gasteiger partial charge in [-0.1, -0.05) is 23.4 Å². The SMILES string of the molecule is N#Cc1ccc(NS(=O)(=O)c2cccc(C=Cc3noc(C(F)(F)F)n3)c2)cc1. The summed E-state index contributed by atoms with van der Waals surface area (Å²) in [7, 11) is -3.92. The van der Waals surface area contributed by atoms with Gasteiger partial charge in [0.05, 0.1) is 16.5 Å². The molecule has 0 aliphatic heterocycles. The molecule has 0 radical (unpaired) electrons. The van der Waals surface area contributed by atoms with Crippen LogP contribution in [0.2, 0.25) is 0 Å². The number of hydrogen-bond donors (Lipinski definition) is 1. The second-order valence-corrected chi connectivity index (χ2v) is 7.34. The summed E-state index contributed by atoms with van der Waals surface area (Å²) in [4.78, 5) is 3.13. The molecule has 0 aliphatic rings. The Morgan fingerprint density at radius 1 is 1.10 bits per heavy atom. The normalized spacial score (nSPS) is 12.1. The molecule has 29 heavy (non-hydrogen) atoms. The van der Waals surface area contributed by atoms with Crippen LogP contribution in [0, 0.1) is 11.3 Å². The lowest BCUT2D eigenvalue weighted by atomic mass is 10.2. The van der Waals surface area contributed by atoms with Crippen LogP contribution in [0.5, 0.6) is 0 Å². The predicted molar refractivity (Wildman–Crippen MR) is 96.6 cm³/mol. The van der Waals surface area contributed by atoms with E-state index >= 15 is 0 Å². The molecule has 0 fully saturated rings. The first kappa shape index (κ1) is 20.1. The highest BCUT2D eigenvalue weighted by molar-refractivity contribution is 7.92. The minimum atomic E-state index is -4.75. The summed E-state index contributed by atoms with van der Waals surface area (Å²) < 4.78 is 68.9. The lowest BCUT2D eigenvalue weighted by molar-refractivity contribution is -0.159. The van der Waals surface area contributed by atoms with Crippen LogP contribution < -0.4 is 4.72 Å². The highest BCUT2D eigenvalue weighted by atomic mass is 32.2. The average Bonchev–Trinajstić information content (AvgIpc) is 3.17. The summed E-state index contributed by atoms with van der Waals surface area (Å²) >= 11 is 0. The number of anilines is 1. The molecule has 3 rings (SSSR count). The first-order valence-electron chi connectivity index (χ1n) is 7.89. The molecule has 0 spiro atoms. The molecule has 7 nitrogen and oxygen atoms in total. The Labute approximate surface area is 163 Å². The molecule has 0 amide bonds. The van der Waals surface area contributed by atoms with Crippen LogP contribution in [0.25, 0.3) is 12.2 Å². The van der Waals surface area contributed by atoms with E-state index in [9.17, 15) is 21.6 Å². The van der Waals surface area contributed by atoms with Crippen molar-refractivity contribution in [2.45, 2.75) is 11.1 Å². The molecule has 11 heteroatoms. The van der Waals surface area contributed by atoms with Crippen molar-refractivity contribution < 1.29 is 26.1 Å². The fourth-order valence-corrected chi connectivity index (χ4v) is 3.31. The molecule has 0 saturated carbocycles. The largest absolute Gasteiger partial charge is 0.471 e. The maximum absolute atomic E-state index is 12.5. The minimum Gasteiger partial charge on any atom is -0.329 e. The van der Waals surface area contributed by atoms with Crippen LogP contribution in [0.4, 0.5) is 18.9 Å². The Kier molecular flexibility index (Phi) is 5.38. The molecule has 3 aromatic rings. The van der Waals surface area contributed by atoms with Crippen molar-refractivity contribution in [2.75, 3.05) is 4.72 Å². The smallest absolute Gasteiger partial charge is 0.329 e. The Hall–Kier alpha value is -3.65. The summed E-state index contributed by atoms with van der Waals surface area (Å²) in [6, 6.07) is 13.5. The Balaban J connectivity index is 1.79. The molecule has 1 heterocycles. The van der Waals surface area contributed by atoms with Crippen molar-refractivity contribution in [3.05, 3.63) is 71.4 Å². The molecule has 0 bridgehead atoms. The van der Waals surface area contributed by atoms with Crippen LogP contribution in [0.3, 0.4) is 0 Å². The summed E-state index contributed by atoms with van der Waals surface area (Å²) in [6.07, 6.45) is -2.23. The van der Waals surface area contributed by atoms with E-state index in [0.717, 1.165) is 0 Å². The summed E-state index contributed by atoms with van der Waals surface area (Å²) in [5.41, 5.74) is 1.05. The van der Waals surface area contributed by atoms with E-state index < -0.39 is 22.1 Å². The molecule has 1 aromatic heterocycles. The van der Waals surface area contributed by atoms with Gasteiger partial charge in [0.25, 0.3) is 10.0 Å². The number of alkyl halides is 3. The van der Waals surface area contributed by atoms with Crippen LogP contribution >= 0.6 is 0 Å². The van der Waals surface area contributed by atoms with Gasteiger partial charge in [0.15, 0.2) is 5.82 Å². The number of nitrogens with zero attached hydrogens (tertiary/aromatic N) is 3. The molecule has 1 N–H and O–H groups in total. The first-order chi connectivity index (χ1) is 13.7. The number of aromatic nitrogens is 2. The van der Waals surface area contributed by atoms with Crippen molar-refractivity contribution in [1.29, 1.82) is 5.26 Å². The molecule has 0 atom stereocenters. The highest BCUT2D eigenvalue weighted by Gasteiger charge is 2.38. The van der Waals surface area contributed by atoms with Crippen molar-refractivity contribution in [3.8, 4) is 6.07 Å². The fourth-order valence-electron chi connectivity index (χ4n) is 2.20. The molecule has 0 unspecified atom stereocenters. The summed E-state index contributed by atoms with van der Waals surface area (Å²) in [5, 5.41) is 12.0. The van der Waals surface area contributed by atoms with Gasteiger partial charge >= 0.3 is 12.1 Å². The predicted octanol–water partition coefficient (Wildman–Crippen LogP) is 3.93. The van der Waals surface area contributed by atoms with Gasteiger partial charge < -0.3 is 4.52 Å². The van der Waals surface area contributed by atoms with Crippen molar-refractivity contribution in [1.82, 2.24) is 10.1 Å². The molecule has 0 saturated heterocycles. The maximum Gasteiger partial charge on any atom is 0.471 e. The van der Waals surface area contributed by atoms with Crippen LogP contribution in [-0.2, 0) is 16.2 Å². The summed E-state index contributed by atoms with van der Waals surface area (Å²) in [5.74, 6) is -1.78. The monoisotopic (exact) mass is 420 g/mol. The third kappa shape index (κ3) is 4.99. The van der Waals surface area contributed by atoms with Gasteiger partial charge in [0.1, 0.15) is 0 Å². The molecule has 2 aromatic carbocycles. The third-order valence-corrected chi connectivity index (χ3v) is 4.92. The molecule has 148 valence electrons. The van der Waals surface area contributed by atoms with Crippen LogP contribution in [-0.4, -0.2) is 18.6 Å². The number of nitrogens with one attached hydrogen (secondary N) is 1. The van der Waals surface area contributed by atoms with Crippen LogP contribution in [0.1, 0.15) is 22.8 Å². The van der Waals surface area contributed by atoms with Gasteiger partial charge in [-0.3, -0.25) is 4.72 Å². The van der Waals surface area contributed by atoms with E-state index in [1.807, 2.05) is 6.07 Å². The number of halogens is 3. The van der Waals surface area contributed by atoms with Crippen molar-refractivity contribution >= 4 is 27.9 Å². The van der Waals surface area contributed by atoms with Gasteiger partial charge in [-0.05, 0) is 48.0 Å². The Morgan fingerprint density at radius 2 is 1.83 bits per heavy atom. The van der Waals surface area contributed by atoms with Gasteiger partial charge in [-0.15, -0.1) is 0 Å². The Bertz CT molecular complexity index is 1190. The minimum absolute atomic E-state index is 0.0619. The summed E-state index contributed by atoms with van der Waals surface area (Å²) in [6.45, 7) is 0.